The first-order chi connectivity index (χ1) is 9.11. The molecule has 2 aromatic rings. The molecule has 0 aliphatic heterocycles. The molecule has 0 radical (unpaired) electrons. The first kappa shape index (κ1) is 14.6. The molecule has 0 spiro atoms. The van der Waals surface area contributed by atoms with E-state index >= 15 is 0 Å². The molecule has 1 heterocycles. The van der Waals surface area contributed by atoms with E-state index in [2.05, 4.69) is 76.0 Å². The van der Waals surface area contributed by atoms with Crippen LogP contribution < -0.4 is 10.2 Å². The molecule has 0 fully saturated rings. The Labute approximate surface area is 127 Å². The van der Waals surface area contributed by atoms with Gasteiger partial charge in [-0.3, -0.25) is 0 Å². The maximum Gasteiger partial charge on any atom is 0.0367 e. The molecule has 1 aromatic heterocycles. The average molecular weight is 339 g/mol. The van der Waals surface area contributed by atoms with Crippen LogP contribution in [0.25, 0.3) is 0 Å². The van der Waals surface area contributed by atoms with E-state index in [1.54, 1.807) is 11.3 Å². The van der Waals surface area contributed by atoms with Gasteiger partial charge >= 0.3 is 0 Å². The number of likely N-dealkylation sites (N-methyl/N-ethyl adjacent to an activating group) is 1. The van der Waals surface area contributed by atoms with E-state index in [0.29, 0.717) is 6.04 Å². The molecule has 19 heavy (non-hydrogen) atoms. The number of nitrogens with one attached hydrogen (secondary N) is 1. The fraction of sp³-hybridized carbons (Fsp3) is 0.333. The van der Waals surface area contributed by atoms with Crippen LogP contribution in [0.2, 0.25) is 0 Å². The molecule has 0 bridgehead atoms. The third-order valence-corrected chi connectivity index (χ3v) is 5.17. The van der Waals surface area contributed by atoms with Crippen molar-refractivity contribution in [3.05, 3.63) is 50.6 Å². The normalized spacial score (nSPS) is 12.4. The molecular formula is C15H19BrN2S. The summed E-state index contributed by atoms with van der Waals surface area (Å²) in [5.74, 6) is 0. The van der Waals surface area contributed by atoms with Crippen molar-refractivity contribution in [2.75, 3.05) is 26.0 Å². The molecular weight excluding hydrogens is 320 g/mol. The van der Waals surface area contributed by atoms with Crippen molar-refractivity contribution >= 4 is 33.0 Å². The molecule has 1 N–H and O–H groups in total. The van der Waals surface area contributed by atoms with Gasteiger partial charge in [0.25, 0.3) is 0 Å². The Morgan fingerprint density at radius 3 is 2.68 bits per heavy atom. The minimum absolute atomic E-state index is 0.342. The smallest absolute Gasteiger partial charge is 0.0367 e. The highest BCUT2D eigenvalue weighted by Gasteiger charge is 2.13. The summed E-state index contributed by atoms with van der Waals surface area (Å²) in [6.07, 6.45) is 1.01. The van der Waals surface area contributed by atoms with Crippen molar-refractivity contribution in [3.63, 3.8) is 0 Å². The number of anilines is 1. The van der Waals surface area contributed by atoms with Gasteiger partial charge in [-0.05, 0) is 52.1 Å². The highest BCUT2D eigenvalue weighted by Crippen LogP contribution is 2.29. The molecule has 102 valence electrons. The minimum atomic E-state index is 0.342. The number of nitrogens with zero attached hydrogens (tertiary/aromatic N) is 1. The van der Waals surface area contributed by atoms with Crippen LogP contribution in [0.1, 0.15) is 16.5 Å². The van der Waals surface area contributed by atoms with Gasteiger partial charge < -0.3 is 10.2 Å². The Morgan fingerprint density at radius 2 is 2.11 bits per heavy atom. The predicted molar refractivity (Wildman–Crippen MR) is 88.3 cm³/mol. The van der Waals surface area contributed by atoms with Crippen molar-refractivity contribution in [3.8, 4) is 0 Å². The Bertz CT molecular complexity index is 536. The second kappa shape index (κ2) is 6.55. The third kappa shape index (κ3) is 3.59. The lowest BCUT2D eigenvalue weighted by molar-refractivity contribution is 0.596. The van der Waals surface area contributed by atoms with Gasteiger partial charge in [-0.15, -0.1) is 11.3 Å². The summed E-state index contributed by atoms with van der Waals surface area (Å²) in [6.45, 7) is 0. The Hall–Kier alpha value is -0.840. The molecule has 0 amide bonds. The first-order valence-electron chi connectivity index (χ1n) is 6.28. The molecule has 1 aromatic carbocycles. The maximum atomic E-state index is 3.61. The largest absolute Gasteiger partial charge is 0.378 e. The second-order valence-electron chi connectivity index (χ2n) is 4.73. The summed E-state index contributed by atoms with van der Waals surface area (Å²) in [4.78, 5) is 3.52. The minimum Gasteiger partial charge on any atom is -0.378 e. The van der Waals surface area contributed by atoms with Gasteiger partial charge in [-0.1, -0.05) is 12.1 Å². The van der Waals surface area contributed by atoms with Crippen molar-refractivity contribution in [1.29, 1.82) is 0 Å². The first-order valence-corrected chi connectivity index (χ1v) is 7.95. The van der Waals surface area contributed by atoms with Crippen LogP contribution in [0.15, 0.2) is 40.2 Å². The molecule has 2 nitrogen and oxygen atoms in total. The Morgan fingerprint density at radius 1 is 1.32 bits per heavy atom. The number of hydrogen-bond donors (Lipinski definition) is 1. The monoisotopic (exact) mass is 338 g/mol. The van der Waals surface area contributed by atoms with E-state index in [9.17, 15) is 0 Å². The molecule has 4 heteroatoms. The van der Waals surface area contributed by atoms with Gasteiger partial charge in [-0.2, -0.15) is 0 Å². The Kier molecular flexibility index (Phi) is 5.02. The molecule has 0 aliphatic rings. The van der Waals surface area contributed by atoms with Crippen LogP contribution >= 0.6 is 27.3 Å². The van der Waals surface area contributed by atoms with Gasteiger partial charge in [0.2, 0.25) is 0 Å². The zero-order valence-electron chi connectivity index (χ0n) is 11.5. The molecule has 0 aliphatic carbocycles. The predicted octanol–water partition coefficient (Wildman–Crippen LogP) is 4.08. The number of rotatable bonds is 5. The van der Waals surface area contributed by atoms with E-state index < -0.39 is 0 Å². The summed E-state index contributed by atoms with van der Waals surface area (Å²) in [5, 5.41) is 5.54. The molecule has 0 saturated carbocycles. The highest BCUT2D eigenvalue weighted by atomic mass is 79.9. The van der Waals surface area contributed by atoms with E-state index in [4.69, 9.17) is 0 Å². The lowest BCUT2D eigenvalue weighted by Gasteiger charge is -2.19. The molecule has 1 unspecified atom stereocenters. The van der Waals surface area contributed by atoms with Crippen LogP contribution in [0.3, 0.4) is 0 Å². The van der Waals surface area contributed by atoms with Crippen molar-refractivity contribution in [1.82, 2.24) is 5.32 Å². The highest BCUT2D eigenvalue weighted by molar-refractivity contribution is 9.10. The van der Waals surface area contributed by atoms with Crippen molar-refractivity contribution in [2.24, 2.45) is 0 Å². The number of hydrogen-bond acceptors (Lipinski definition) is 3. The van der Waals surface area contributed by atoms with Gasteiger partial charge in [0, 0.05) is 41.6 Å². The fourth-order valence-electron chi connectivity index (χ4n) is 2.06. The second-order valence-corrected chi connectivity index (χ2v) is 6.58. The molecule has 0 saturated heterocycles. The number of halogens is 1. The summed E-state index contributed by atoms with van der Waals surface area (Å²) < 4.78 is 1.21. The summed E-state index contributed by atoms with van der Waals surface area (Å²) in [5.41, 5.74) is 2.57. The molecule has 1 atom stereocenters. The summed E-state index contributed by atoms with van der Waals surface area (Å²) in [7, 11) is 6.17. The van der Waals surface area contributed by atoms with E-state index in [0.717, 1.165) is 6.42 Å². The van der Waals surface area contributed by atoms with Crippen LogP contribution in [0.4, 0.5) is 5.69 Å². The zero-order chi connectivity index (χ0) is 13.8. The van der Waals surface area contributed by atoms with Gasteiger partial charge in [0.15, 0.2) is 0 Å². The zero-order valence-corrected chi connectivity index (χ0v) is 13.9. The lowest BCUT2D eigenvalue weighted by atomic mass is 10.0. The lowest BCUT2D eigenvalue weighted by Crippen LogP contribution is -2.19. The number of benzene rings is 1. The van der Waals surface area contributed by atoms with Crippen molar-refractivity contribution in [2.45, 2.75) is 12.5 Å². The van der Waals surface area contributed by atoms with Crippen LogP contribution in [0.5, 0.6) is 0 Å². The number of thiophene rings is 1. The van der Waals surface area contributed by atoms with Crippen LogP contribution in [-0.2, 0) is 6.42 Å². The van der Waals surface area contributed by atoms with Crippen molar-refractivity contribution < 1.29 is 0 Å². The summed E-state index contributed by atoms with van der Waals surface area (Å²) >= 11 is 5.41. The van der Waals surface area contributed by atoms with Crippen LogP contribution in [0, 0.1) is 0 Å². The average Bonchev–Trinajstić information content (AvgIpc) is 2.81. The van der Waals surface area contributed by atoms with Gasteiger partial charge in [0.05, 0.1) is 0 Å². The Balaban J connectivity index is 2.22. The van der Waals surface area contributed by atoms with Gasteiger partial charge in [-0.25, -0.2) is 0 Å². The fourth-order valence-corrected chi connectivity index (χ4v) is 3.62. The molecule has 2 rings (SSSR count). The topological polar surface area (TPSA) is 15.3 Å². The third-order valence-electron chi connectivity index (χ3n) is 3.22. The van der Waals surface area contributed by atoms with E-state index in [1.165, 1.54) is 20.6 Å². The maximum absolute atomic E-state index is 3.61. The summed E-state index contributed by atoms with van der Waals surface area (Å²) in [6, 6.07) is 11.2. The van der Waals surface area contributed by atoms with E-state index in [-0.39, 0.29) is 0 Å². The standard InChI is InChI=1S/C15H19BrN2S/c1-17-14(10-15-13(16)7-8-19-15)11-5-4-6-12(9-11)18(2)3/h4-9,14,17H,10H2,1-3H3. The quantitative estimate of drug-likeness (QED) is 0.883. The van der Waals surface area contributed by atoms with E-state index in [1.807, 2.05) is 7.05 Å². The van der Waals surface area contributed by atoms with Gasteiger partial charge in [0.1, 0.15) is 0 Å². The SMILES string of the molecule is CNC(Cc1sccc1Br)c1cccc(N(C)C)c1. The van der Waals surface area contributed by atoms with Crippen LogP contribution in [-0.4, -0.2) is 21.1 Å².